The van der Waals surface area contributed by atoms with E-state index < -0.39 is 5.97 Å². The minimum Gasteiger partial charge on any atom is -0.450 e. The van der Waals surface area contributed by atoms with Gasteiger partial charge in [-0.2, -0.15) is 0 Å². The van der Waals surface area contributed by atoms with Crippen LogP contribution < -0.4 is 10.1 Å². The van der Waals surface area contributed by atoms with Crippen molar-refractivity contribution in [2.75, 3.05) is 0 Å². The van der Waals surface area contributed by atoms with E-state index in [4.69, 9.17) is 9.15 Å². The molecule has 122 valence electrons. The molecule has 0 unspecified atom stereocenters. The first-order chi connectivity index (χ1) is 11.6. The summed E-state index contributed by atoms with van der Waals surface area (Å²) in [6.07, 6.45) is 0. The first-order valence-electron chi connectivity index (χ1n) is 7.59. The Morgan fingerprint density at radius 3 is 2.54 bits per heavy atom. The van der Waals surface area contributed by atoms with E-state index in [0.717, 1.165) is 5.56 Å². The highest BCUT2D eigenvalue weighted by Gasteiger charge is 2.20. The lowest BCUT2D eigenvalue weighted by Crippen LogP contribution is -2.22. The fourth-order valence-electron chi connectivity index (χ4n) is 2.58. The van der Waals surface area contributed by atoms with Crippen LogP contribution in [0.15, 0.2) is 52.9 Å². The number of hydrogen-bond donors (Lipinski definition) is 1. The van der Waals surface area contributed by atoms with E-state index in [1.807, 2.05) is 30.3 Å². The van der Waals surface area contributed by atoms with Gasteiger partial charge in [-0.25, -0.2) is 0 Å². The zero-order chi connectivity index (χ0) is 17.1. The second kappa shape index (κ2) is 6.58. The molecule has 1 N–H and O–H groups in total. The molecule has 0 aliphatic rings. The molecule has 0 radical (unpaired) electrons. The van der Waals surface area contributed by atoms with Crippen molar-refractivity contribution in [1.29, 1.82) is 0 Å². The molecular formula is C19H17NO4. The molecule has 0 spiro atoms. The third-order valence-electron chi connectivity index (χ3n) is 3.67. The smallest absolute Gasteiger partial charge is 0.308 e. The summed E-state index contributed by atoms with van der Waals surface area (Å²) in [5, 5.41) is 3.47. The SMILES string of the molecule is CC(=O)Oc1cccc2oc(C(=O)NCc3ccccc3)c(C)c12. The Labute approximate surface area is 139 Å². The molecule has 0 aliphatic heterocycles. The molecule has 1 amide bonds. The van der Waals surface area contributed by atoms with Crippen LogP contribution in [0.3, 0.4) is 0 Å². The fraction of sp³-hybridized carbons (Fsp3) is 0.158. The van der Waals surface area contributed by atoms with Crippen LogP contribution in [-0.4, -0.2) is 11.9 Å². The van der Waals surface area contributed by atoms with Gasteiger partial charge in [-0.1, -0.05) is 36.4 Å². The van der Waals surface area contributed by atoms with E-state index in [0.29, 0.717) is 28.8 Å². The average molecular weight is 323 g/mol. The predicted octanol–water partition coefficient (Wildman–Crippen LogP) is 3.60. The van der Waals surface area contributed by atoms with Gasteiger partial charge in [-0.3, -0.25) is 9.59 Å². The highest BCUT2D eigenvalue weighted by atomic mass is 16.5. The summed E-state index contributed by atoms with van der Waals surface area (Å²) in [4.78, 5) is 23.7. The number of furan rings is 1. The summed E-state index contributed by atoms with van der Waals surface area (Å²) in [6, 6.07) is 14.8. The molecule has 0 aliphatic carbocycles. The Kier molecular flexibility index (Phi) is 4.33. The zero-order valence-electron chi connectivity index (χ0n) is 13.5. The number of carbonyl (C=O) groups excluding carboxylic acids is 2. The lowest BCUT2D eigenvalue weighted by Gasteiger charge is -2.04. The number of fused-ring (bicyclic) bond motifs is 1. The first-order valence-corrected chi connectivity index (χ1v) is 7.59. The van der Waals surface area contributed by atoms with Gasteiger partial charge in [0.25, 0.3) is 5.91 Å². The number of nitrogens with one attached hydrogen (secondary N) is 1. The second-order valence-corrected chi connectivity index (χ2v) is 5.45. The van der Waals surface area contributed by atoms with E-state index in [-0.39, 0.29) is 11.7 Å². The summed E-state index contributed by atoms with van der Waals surface area (Å²) in [7, 11) is 0. The Balaban J connectivity index is 1.88. The van der Waals surface area contributed by atoms with E-state index >= 15 is 0 Å². The van der Waals surface area contributed by atoms with Gasteiger partial charge >= 0.3 is 5.97 Å². The second-order valence-electron chi connectivity index (χ2n) is 5.45. The van der Waals surface area contributed by atoms with Crippen molar-refractivity contribution in [1.82, 2.24) is 5.32 Å². The van der Waals surface area contributed by atoms with Gasteiger partial charge in [-0.05, 0) is 24.6 Å². The largest absolute Gasteiger partial charge is 0.450 e. The molecule has 3 aromatic rings. The van der Waals surface area contributed by atoms with Crippen LogP contribution in [0.2, 0.25) is 0 Å². The van der Waals surface area contributed by atoms with Crippen LogP contribution in [0.1, 0.15) is 28.6 Å². The van der Waals surface area contributed by atoms with Gasteiger partial charge in [0.15, 0.2) is 5.76 Å². The van der Waals surface area contributed by atoms with Crippen molar-refractivity contribution in [3.05, 3.63) is 65.4 Å². The van der Waals surface area contributed by atoms with Gasteiger partial charge in [0.05, 0.1) is 5.39 Å². The monoisotopic (exact) mass is 323 g/mol. The van der Waals surface area contributed by atoms with Crippen molar-refractivity contribution >= 4 is 22.8 Å². The number of carbonyl (C=O) groups is 2. The molecule has 0 atom stereocenters. The van der Waals surface area contributed by atoms with Crippen molar-refractivity contribution in [3.63, 3.8) is 0 Å². The summed E-state index contributed by atoms with van der Waals surface area (Å²) in [6.45, 7) is 3.52. The molecule has 5 heteroatoms. The molecule has 0 fully saturated rings. The number of hydrogen-bond acceptors (Lipinski definition) is 4. The third kappa shape index (κ3) is 3.15. The minimum atomic E-state index is -0.418. The molecule has 0 bridgehead atoms. The minimum absolute atomic E-state index is 0.223. The van der Waals surface area contributed by atoms with Crippen molar-refractivity contribution in [2.45, 2.75) is 20.4 Å². The van der Waals surface area contributed by atoms with E-state index in [1.165, 1.54) is 6.92 Å². The number of rotatable bonds is 4. The standard InChI is InChI=1S/C19H17NO4/c1-12-17-15(23-13(2)21)9-6-10-16(17)24-18(12)19(22)20-11-14-7-4-3-5-8-14/h3-10H,11H2,1-2H3,(H,20,22). The molecule has 2 aromatic carbocycles. The maximum Gasteiger partial charge on any atom is 0.308 e. The van der Waals surface area contributed by atoms with Gasteiger partial charge in [0.1, 0.15) is 11.3 Å². The predicted molar refractivity (Wildman–Crippen MR) is 89.9 cm³/mol. The van der Waals surface area contributed by atoms with Crippen LogP contribution in [-0.2, 0) is 11.3 Å². The molecule has 0 saturated carbocycles. The molecule has 1 heterocycles. The first kappa shape index (κ1) is 15.8. The Morgan fingerprint density at radius 2 is 1.83 bits per heavy atom. The molecule has 0 saturated heterocycles. The van der Waals surface area contributed by atoms with Gasteiger partial charge < -0.3 is 14.5 Å². The maximum absolute atomic E-state index is 12.4. The van der Waals surface area contributed by atoms with Crippen LogP contribution in [0.5, 0.6) is 5.75 Å². The van der Waals surface area contributed by atoms with Crippen LogP contribution >= 0.6 is 0 Å². The molecule has 24 heavy (non-hydrogen) atoms. The van der Waals surface area contributed by atoms with Crippen LogP contribution in [0.4, 0.5) is 0 Å². The summed E-state index contributed by atoms with van der Waals surface area (Å²) >= 11 is 0. The lowest BCUT2D eigenvalue weighted by atomic mass is 10.1. The molecule has 5 nitrogen and oxygen atoms in total. The number of amides is 1. The van der Waals surface area contributed by atoms with Gasteiger partial charge in [-0.15, -0.1) is 0 Å². The van der Waals surface area contributed by atoms with E-state index in [2.05, 4.69) is 5.32 Å². The molecule has 3 rings (SSSR count). The van der Waals surface area contributed by atoms with Crippen molar-refractivity contribution < 1.29 is 18.7 Å². The number of esters is 1. The summed E-state index contributed by atoms with van der Waals surface area (Å²) in [5.41, 5.74) is 2.16. The highest BCUT2D eigenvalue weighted by molar-refractivity contribution is 6.01. The van der Waals surface area contributed by atoms with Crippen LogP contribution in [0, 0.1) is 6.92 Å². The third-order valence-corrected chi connectivity index (χ3v) is 3.67. The number of ether oxygens (including phenoxy) is 1. The van der Waals surface area contributed by atoms with E-state index in [9.17, 15) is 9.59 Å². The Bertz CT molecular complexity index is 896. The number of benzene rings is 2. The van der Waals surface area contributed by atoms with Crippen molar-refractivity contribution in [2.24, 2.45) is 0 Å². The zero-order valence-corrected chi connectivity index (χ0v) is 13.5. The lowest BCUT2D eigenvalue weighted by molar-refractivity contribution is -0.131. The summed E-state index contributed by atoms with van der Waals surface area (Å²) < 4.78 is 10.9. The Hall–Kier alpha value is -3.08. The topological polar surface area (TPSA) is 68.5 Å². The normalized spacial score (nSPS) is 10.6. The van der Waals surface area contributed by atoms with Gasteiger partial charge in [0, 0.05) is 19.0 Å². The summed E-state index contributed by atoms with van der Waals surface area (Å²) in [5.74, 6) is -0.108. The van der Waals surface area contributed by atoms with E-state index in [1.54, 1.807) is 25.1 Å². The maximum atomic E-state index is 12.4. The number of aryl methyl sites for hydroxylation is 1. The van der Waals surface area contributed by atoms with Crippen molar-refractivity contribution in [3.8, 4) is 5.75 Å². The van der Waals surface area contributed by atoms with Crippen LogP contribution in [0.25, 0.3) is 11.0 Å². The molecule has 1 aromatic heterocycles. The quantitative estimate of drug-likeness (QED) is 0.588. The highest BCUT2D eigenvalue weighted by Crippen LogP contribution is 2.33. The van der Waals surface area contributed by atoms with Gasteiger partial charge in [0.2, 0.25) is 0 Å². The Morgan fingerprint density at radius 1 is 1.08 bits per heavy atom. The fourth-order valence-corrected chi connectivity index (χ4v) is 2.58. The molecular weight excluding hydrogens is 306 g/mol. The average Bonchev–Trinajstić information content (AvgIpc) is 2.91.